The molecule has 0 saturated carbocycles. The average Bonchev–Trinajstić information content (AvgIpc) is 3.66. The zero-order chi connectivity index (χ0) is 35.8. The van der Waals surface area contributed by atoms with Crippen molar-refractivity contribution in [2.45, 2.75) is 0 Å². The van der Waals surface area contributed by atoms with Gasteiger partial charge in [-0.15, -0.1) is 0 Å². The quantitative estimate of drug-likeness (QED) is 0.166. The van der Waals surface area contributed by atoms with Crippen LogP contribution in [-0.2, 0) is 0 Å². The molecule has 2 heterocycles. The second-order valence-corrected chi connectivity index (χ2v) is 13.6. The van der Waals surface area contributed by atoms with Crippen molar-refractivity contribution in [3.05, 3.63) is 212 Å². The molecule has 2 aromatic heterocycles. The minimum absolute atomic E-state index is 0.959. The molecule has 0 fully saturated rings. The normalized spacial score (nSPS) is 11.3. The Bertz CT molecular complexity index is 2900. The summed E-state index contributed by atoms with van der Waals surface area (Å²) < 4.78 is 2.16. The van der Waals surface area contributed by atoms with Gasteiger partial charge in [-0.05, 0) is 69.9 Å². The fraction of sp³-hybridized carbons (Fsp3) is 0. The molecule has 0 aliphatic rings. The highest BCUT2D eigenvalue weighted by atomic mass is 15.2. The van der Waals surface area contributed by atoms with Crippen molar-refractivity contribution in [2.24, 2.45) is 0 Å². The molecule has 0 atom stereocenters. The Balaban J connectivity index is 1.24. The topological polar surface area (TPSA) is 20.5 Å². The Morgan fingerprint density at radius 1 is 0.370 bits per heavy atom. The van der Waals surface area contributed by atoms with Crippen molar-refractivity contribution in [1.82, 2.24) is 9.61 Å². The Morgan fingerprint density at radius 3 is 1.65 bits per heavy atom. The number of pyridine rings is 1. The van der Waals surface area contributed by atoms with Crippen LogP contribution in [0.25, 0.3) is 71.8 Å². The highest BCUT2D eigenvalue weighted by molar-refractivity contribution is 6.13. The maximum absolute atomic E-state index is 5.44. The summed E-state index contributed by atoms with van der Waals surface area (Å²) in [4.78, 5) is 2.38. The number of rotatable bonds is 7. The summed E-state index contributed by atoms with van der Waals surface area (Å²) in [7, 11) is 0. The summed E-state index contributed by atoms with van der Waals surface area (Å²) >= 11 is 0. The summed E-state index contributed by atoms with van der Waals surface area (Å²) in [5.74, 6) is 0. The lowest BCUT2D eigenvalue weighted by atomic mass is 9.96. The minimum Gasteiger partial charge on any atom is -0.310 e. The highest BCUT2D eigenvalue weighted by Gasteiger charge is 2.24. The maximum Gasteiger partial charge on any atom is 0.101 e. The molecule has 8 aromatic carbocycles. The van der Waals surface area contributed by atoms with E-state index in [1.165, 1.54) is 21.9 Å². The molecule has 3 nitrogen and oxygen atoms in total. The van der Waals surface area contributed by atoms with Gasteiger partial charge in [0.15, 0.2) is 0 Å². The van der Waals surface area contributed by atoms with E-state index in [1.54, 1.807) is 0 Å². The van der Waals surface area contributed by atoms with E-state index in [-0.39, 0.29) is 0 Å². The van der Waals surface area contributed by atoms with E-state index in [0.717, 1.165) is 67.0 Å². The lowest BCUT2D eigenvalue weighted by molar-refractivity contribution is 0.979. The van der Waals surface area contributed by atoms with Crippen molar-refractivity contribution >= 4 is 44.1 Å². The SMILES string of the molecule is c1ccc(-c2nn3c(-c4ccccc4)cc4c(N(c5ccccc5)c5ccc(-c6ccc7ccccc7c6)cc5)cccc4c3c2-c2ccccc2)cc1. The molecule has 0 bridgehead atoms. The predicted molar refractivity (Wildman–Crippen MR) is 227 cm³/mol. The van der Waals surface area contributed by atoms with Crippen molar-refractivity contribution in [2.75, 3.05) is 4.90 Å². The van der Waals surface area contributed by atoms with Gasteiger partial charge in [-0.25, -0.2) is 4.52 Å². The number of hydrogen-bond acceptors (Lipinski definition) is 2. The first kappa shape index (κ1) is 31.5. The zero-order valence-electron chi connectivity index (χ0n) is 29.5. The lowest BCUT2D eigenvalue weighted by Gasteiger charge is -2.27. The molecular weight excluding hydrogens is 655 g/mol. The van der Waals surface area contributed by atoms with Crippen molar-refractivity contribution in [3.8, 4) is 44.8 Å². The van der Waals surface area contributed by atoms with Crippen LogP contribution in [0.3, 0.4) is 0 Å². The molecule has 0 radical (unpaired) electrons. The van der Waals surface area contributed by atoms with Crippen LogP contribution in [0.2, 0.25) is 0 Å². The van der Waals surface area contributed by atoms with Gasteiger partial charge < -0.3 is 4.90 Å². The van der Waals surface area contributed by atoms with Gasteiger partial charge in [0.2, 0.25) is 0 Å². The summed E-state index contributed by atoms with van der Waals surface area (Å²) in [5, 5.41) is 10.2. The zero-order valence-corrected chi connectivity index (χ0v) is 29.5. The average molecular weight is 690 g/mol. The van der Waals surface area contributed by atoms with E-state index in [2.05, 4.69) is 222 Å². The highest BCUT2D eigenvalue weighted by Crippen LogP contribution is 2.45. The second-order valence-electron chi connectivity index (χ2n) is 13.6. The molecule has 0 N–H and O–H groups in total. The molecule has 0 saturated heterocycles. The number of hydrogen-bond donors (Lipinski definition) is 0. The van der Waals surface area contributed by atoms with Crippen LogP contribution in [0.5, 0.6) is 0 Å². The molecule has 0 amide bonds. The Labute approximate surface area is 314 Å². The van der Waals surface area contributed by atoms with Crippen LogP contribution in [0.15, 0.2) is 212 Å². The van der Waals surface area contributed by atoms with E-state index in [0.29, 0.717) is 0 Å². The monoisotopic (exact) mass is 689 g/mol. The number of aromatic nitrogens is 2. The van der Waals surface area contributed by atoms with Crippen LogP contribution in [0, 0.1) is 0 Å². The molecule has 3 heteroatoms. The first-order valence-corrected chi connectivity index (χ1v) is 18.4. The fourth-order valence-electron chi connectivity index (χ4n) is 7.81. The van der Waals surface area contributed by atoms with E-state index in [1.807, 2.05) is 0 Å². The number of para-hydroxylation sites is 1. The van der Waals surface area contributed by atoms with Gasteiger partial charge in [0, 0.05) is 38.8 Å². The van der Waals surface area contributed by atoms with Gasteiger partial charge in [-0.3, -0.25) is 0 Å². The van der Waals surface area contributed by atoms with Gasteiger partial charge >= 0.3 is 0 Å². The summed E-state index contributed by atoms with van der Waals surface area (Å²) in [6, 6.07) is 75.7. The van der Waals surface area contributed by atoms with Crippen LogP contribution < -0.4 is 4.90 Å². The standard InChI is InChI=1S/C51H35N3/c1-5-17-38(18-6-1)48-35-46-45(51-49(39-19-7-2-8-20-39)50(52-54(48)51)40-21-9-3-10-22-40)26-15-27-47(46)53(43-24-11-4-12-25-43)44-32-30-37(31-33-44)42-29-28-36-16-13-14-23-41(36)34-42/h1-35H. The van der Waals surface area contributed by atoms with Crippen LogP contribution >= 0.6 is 0 Å². The van der Waals surface area contributed by atoms with Crippen molar-refractivity contribution < 1.29 is 0 Å². The van der Waals surface area contributed by atoms with Gasteiger partial charge in [0.05, 0.1) is 16.9 Å². The van der Waals surface area contributed by atoms with Crippen LogP contribution in [0.1, 0.15) is 0 Å². The number of benzene rings is 8. The van der Waals surface area contributed by atoms with Crippen LogP contribution in [0.4, 0.5) is 17.1 Å². The number of fused-ring (bicyclic) bond motifs is 4. The van der Waals surface area contributed by atoms with Gasteiger partial charge in [0.25, 0.3) is 0 Å². The van der Waals surface area contributed by atoms with Gasteiger partial charge in [-0.2, -0.15) is 5.10 Å². The van der Waals surface area contributed by atoms with Gasteiger partial charge in [0.1, 0.15) is 5.69 Å². The maximum atomic E-state index is 5.44. The molecule has 0 aliphatic heterocycles. The molecule has 10 aromatic rings. The molecule has 254 valence electrons. The molecule has 10 rings (SSSR count). The lowest BCUT2D eigenvalue weighted by Crippen LogP contribution is -2.10. The second kappa shape index (κ2) is 13.4. The van der Waals surface area contributed by atoms with E-state index >= 15 is 0 Å². The largest absolute Gasteiger partial charge is 0.310 e. The third-order valence-corrected chi connectivity index (χ3v) is 10.4. The summed E-state index contributed by atoms with van der Waals surface area (Å²) in [5.41, 5.74) is 13.2. The summed E-state index contributed by atoms with van der Waals surface area (Å²) in [6.45, 7) is 0. The Kier molecular flexibility index (Phi) is 7.81. The third kappa shape index (κ3) is 5.51. The molecule has 0 aliphatic carbocycles. The predicted octanol–water partition coefficient (Wildman–Crippen LogP) is 13.8. The first-order chi connectivity index (χ1) is 26.8. The minimum atomic E-state index is 0.959. The Hall–Kier alpha value is -7.23. The molecule has 0 unspecified atom stereocenters. The Morgan fingerprint density at radius 2 is 0.944 bits per heavy atom. The van der Waals surface area contributed by atoms with Crippen LogP contribution in [-0.4, -0.2) is 9.61 Å². The third-order valence-electron chi connectivity index (χ3n) is 10.4. The number of nitrogens with zero attached hydrogens (tertiary/aromatic N) is 3. The summed E-state index contributed by atoms with van der Waals surface area (Å²) in [6.07, 6.45) is 0. The number of anilines is 3. The molecular formula is C51H35N3. The fourth-order valence-corrected chi connectivity index (χ4v) is 7.81. The van der Waals surface area contributed by atoms with Crippen molar-refractivity contribution in [1.29, 1.82) is 0 Å². The van der Waals surface area contributed by atoms with E-state index < -0.39 is 0 Å². The first-order valence-electron chi connectivity index (χ1n) is 18.4. The van der Waals surface area contributed by atoms with E-state index in [4.69, 9.17) is 5.10 Å². The molecule has 54 heavy (non-hydrogen) atoms. The van der Waals surface area contributed by atoms with Crippen molar-refractivity contribution in [3.63, 3.8) is 0 Å². The smallest absolute Gasteiger partial charge is 0.101 e. The van der Waals surface area contributed by atoms with E-state index in [9.17, 15) is 0 Å². The molecule has 0 spiro atoms. The van der Waals surface area contributed by atoms with Gasteiger partial charge in [-0.1, -0.05) is 170 Å².